The number of hydrazine groups is 1. The lowest BCUT2D eigenvalue weighted by Crippen LogP contribution is -2.41. The van der Waals surface area contributed by atoms with Crippen LogP contribution in [-0.4, -0.2) is 31.0 Å². The van der Waals surface area contributed by atoms with E-state index < -0.39 is 11.8 Å². The van der Waals surface area contributed by atoms with Crippen molar-refractivity contribution in [3.05, 3.63) is 64.7 Å². The Kier molecular flexibility index (Phi) is 5.90. The van der Waals surface area contributed by atoms with E-state index in [1.54, 1.807) is 43.9 Å². The van der Waals surface area contributed by atoms with E-state index >= 15 is 0 Å². The molecule has 0 aliphatic carbocycles. The summed E-state index contributed by atoms with van der Waals surface area (Å²) in [6.07, 6.45) is 0. The Hall–Kier alpha value is -3.39. The maximum absolute atomic E-state index is 12.3. The topological polar surface area (TPSA) is 89.5 Å². The highest BCUT2D eigenvalue weighted by Crippen LogP contribution is 2.33. The fourth-order valence-electron chi connectivity index (χ4n) is 2.43. The van der Waals surface area contributed by atoms with Crippen molar-refractivity contribution in [1.82, 2.24) is 15.8 Å². The number of methoxy groups -OCH3 is 2. The number of thiazole rings is 1. The largest absolute Gasteiger partial charge is 0.493 e. The molecule has 0 bridgehead atoms. The summed E-state index contributed by atoms with van der Waals surface area (Å²) >= 11 is 1.31. The lowest BCUT2D eigenvalue weighted by molar-refractivity contribution is 0.0844. The van der Waals surface area contributed by atoms with Crippen molar-refractivity contribution >= 4 is 23.2 Å². The lowest BCUT2D eigenvalue weighted by Gasteiger charge is -2.08. The normalized spacial score (nSPS) is 10.2. The number of nitrogens with one attached hydrogen (secondary N) is 2. The van der Waals surface area contributed by atoms with Crippen LogP contribution >= 0.6 is 11.3 Å². The van der Waals surface area contributed by atoms with Crippen LogP contribution in [0.2, 0.25) is 0 Å². The van der Waals surface area contributed by atoms with Gasteiger partial charge in [-0.05, 0) is 37.3 Å². The van der Waals surface area contributed by atoms with Crippen molar-refractivity contribution in [1.29, 1.82) is 0 Å². The Morgan fingerprint density at radius 2 is 1.61 bits per heavy atom. The second-order valence-electron chi connectivity index (χ2n) is 5.88. The Morgan fingerprint density at radius 3 is 2.29 bits per heavy atom. The molecule has 3 rings (SSSR count). The van der Waals surface area contributed by atoms with Crippen LogP contribution in [0.25, 0.3) is 10.6 Å². The Labute approximate surface area is 166 Å². The van der Waals surface area contributed by atoms with E-state index in [1.807, 2.05) is 25.1 Å². The van der Waals surface area contributed by atoms with Crippen molar-refractivity contribution < 1.29 is 19.1 Å². The summed E-state index contributed by atoms with van der Waals surface area (Å²) in [6.45, 7) is 1.93. The third-order valence-corrected chi connectivity index (χ3v) is 4.86. The van der Waals surface area contributed by atoms with Crippen LogP contribution < -0.4 is 20.3 Å². The van der Waals surface area contributed by atoms with Crippen LogP contribution in [0.3, 0.4) is 0 Å². The number of aryl methyl sites for hydroxylation is 1. The van der Waals surface area contributed by atoms with Crippen molar-refractivity contribution in [2.24, 2.45) is 0 Å². The molecule has 1 heterocycles. The molecule has 7 nitrogen and oxygen atoms in total. The Morgan fingerprint density at radius 1 is 0.929 bits per heavy atom. The summed E-state index contributed by atoms with van der Waals surface area (Å²) in [5, 5.41) is 2.27. The number of carbonyl (C=O) groups is 2. The number of hydrogen-bond donors (Lipinski definition) is 2. The first-order valence-electron chi connectivity index (χ1n) is 8.37. The molecule has 2 amide bonds. The number of carbonyl (C=O) groups excluding carboxylic acids is 2. The van der Waals surface area contributed by atoms with Gasteiger partial charge in [0, 0.05) is 16.5 Å². The molecular formula is C20H19N3O4S. The molecule has 2 N–H and O–H groups in total. The minimum absolute atomic E-state index is 0.207. The van der Waals surface area contributed by atoms with E-state index in [2.05, 4.69) is 15.8 Å². The van der Waals surface area contributed by atoms with Crippen LogP contribution in [0.4, 0.5) is 0 Å². The molecule has 8 heteroatoms. The van der Waals surface area contributed by atoms with Gasteiger partial charge in [-0.1, -0.05) is 17.7 Å². The minimum Gasteiger partial charge on any atom is -0.493 e. The van der Waals surface area contributed by atoms with Gasteiger partial charge in [-0.3, -0.25) is 20.4 Å². The van der Waals surface area contributed by atoms with Crippen molar-refractivity contribution in [2.45, 2.75) is 6.92 Å². The monoisotopic (exact) mass is 397 g/mol. The molecule has 0 spiro atoms. The van der Waals surface area contributed by atoms with E-state index in [-0.39, 0.29) is 5.69 Å². The quantitative estimate of drug-likeness (QED) is 0.646. The first kappa shape index (κ1) is 19.4. The Bertz CT molecular complexity index is 999. The number of aromatic nitrogens is 1. The van der Waals surface area contributed by atoms with E-state index in [0.29, 0.717) is 22.1 Å². The minimum atomic E-state index is -0.497. The van der Waals surface area contributed by atoms with Gasteiger partial charge >= 0.3 is 0 Å². The predicted octanol–water partition coefficient (Wildman–Crippen LogP) is 3.21. The van der Waals surface area contributed by atoms with Gasteiger partial charge in [-0.25, -0.2) is 4.98 Å². The van der Waals surface area contributed by atoms with Gasteiger partial charge in [0.1, 0.15) is 10.7 Å². The molecule has 3 aromatic rings. The second-order valence-corrected chi connectivity index (χ2v) is 6.74. The summed E-state index contributed by atoms with van der Waals surface area (Å²) in [7, 11) is 3.12. The summed E-state index contributed by atoms with van der Waals surface area (Å²) in [4.78, 5) is 28.7. The molecule has 28 heavy (non-hydrogen) atoms. The Balaban J connectivity index is 1.67. The van der Waals surface area contributed by atoms with Crippen molar-refractivity contribution in [3.63, 3.8) is 0 Å². The van der Waals surface area contributed by atoms with Crippen molar-refractivity contribution in [3.8, 4) is 22.1 Å². The van der Waals surface area contributed by atoms with Gasteiger partial charge < -0.3 is 9.47 Å². The average Bonchev–Trinajstić information content (AvgIpc) is 3.22. The molecule has 0 unspecified atom stereocenters. The van der Waals surface area contributed by atoms with Gasteiger partial charge in [0.15, 0.2) is 11.5 Å². The van der Waals surface area contributed by atoms with Gasteiger partial charge in [0.25, 0.3) is 11.8 Å². The lowest BCUT2D eigenvalue weighted by atomic mass is 10.1. The second kappa shape index (κ2) is 8.53. The summed E-state index contributed by atoms with van der Waals surface area (Å²) in [5.41, 5.74) is 7.27. The maximum atomic E-state index is 12.3. The molecule has 144 valence electrons. The zero-order valence-electron chi connectivity index (χ0n) is 15.6. The molecule has 2 aromatic carbocycles. The average molecular weight is 397 g/mol. The standard InChI is InChI=1S/C20H19N3O4S/c1-12-4-6-13(7-5-12)18(24)22-23-19(25)15-11-28-20(21-15)14-8-9-16(26-2)17(10-14)27-3/h4-11H,1-3H3,(H,22,24)(H,23,25). The summed E-state index contributed by atoms with van der Waals surface area (Å²) in [5.74, 6) is 0.290. The number of benzene rings is 2. The van der Waals surface area contributed by atoms with E-state index in [9.17, 15) is 9.59 Å². The van der Waals surface area contributed by atoms with Crippen LogP contribution in [0.1, 0.15) is 26.4 Å². The third kappa shape index (κ3) is 4.29. The SMILES string of the molecule is COc1ccc(-c2nc(C(=O)NNC(=O)c3ccc(C)cc3)cs2)cc1OC. The first-order valence-corrected chi connectivity index (χ1v) is 9.25. The zero-order chi connectivity index (χ0) is 20.1. The van der Waals surface area contributed by atoms with E-state index in [4.69, 9.17) is 9.47 Å². The number of ether oxygens (including phenoxy) is 2. The molecule has 0 fully saturated rings. The molecule has 0 saturated carbocycles. The van der Waals surface area contributed by atoms with Gasteiger partial charge in [0.05, 0.1) is 14.2 Å². The molecule has 0 aliphatic rings. The van der Waals surface area contributed by atoms with E-state index in [1.165, 1.54) is 11.3 Å². The number of amides is 2. The highest BCUT2D eigenvalue weighted by molar-refractivity contribution is 7.13. The fourth-order valence-corrected chi connectivity index (χ4v) is 3.23. The number of hydrogen-bond acceptors (Lipinski definition) is 6. The fraction of sp³-hybridized carbons (Fsp3) is 0.150. The molecule has 0 saturated heterocycles. The molecule has 1 aromatic heterocycles. The van der Waals surface area contributed by atoms with Gasteiger partial charge in [-0.2, -0.15) is 0 Å². The molecule has 0 aliphatic heterocycles. The third-order valence-electron chi connectivity index (χ3n) is 3.97. The highest BCUT2D eigenvalue weighted by atomic mass is 32.1. The van der Waals surface area contributed by atoms with Crippen LogP contribution in [-0.2, 0) is 0 Å². The predicted molar refractivity (Wildman–Crippen MR) is 107 cm³/mol. The molecule has 0 atom stereocenters. The molecule has 0 radical (unpaired) electrons. The number of nitrogens with zero attached hydrogens (tertiary/aromatic N) is 1. The zero-order valence-corrected chi connectivity index (χ0v) is 16.4. The van der Waals surface area contributed by atoms with Crippen molar-refractivity contribution in [2.75, 3.05) is 14.2 Å². The summed E-state index contributed by atoms with van der Waals surface area (Å²) in [6, 6.07) is 12.4. The van der Waals surface area contributed by atoms with Crippen LogP contribution in [0, 0.1) is 6.92 Å². The maximum Gasteiger partial charge on any atom is 0.289 e. The van der Waals surface area contributed by atoms with E-state index in [0.717, 1.165) is 11.1 Å². The highest BCUT2D eigenvalue weighted by Gasteiger charge is 2.15. The number of rotatable bonds is 5. The van der Waals surface area contributed by atoms with Crippen LogP contribution in [0.5, 0.6) is 11.5 Å². The van der Waals surface area contributed by atoms with Gasteiger partial charge in [0.2, 0.25) is 0 Å². The smallest absolute Gasteiger partial charge is 0.289 e. The molecular weight excluding hydrogens is 378 g/mol. The van der Waals surface area contributed by atoms with Crippen LogP contribution in [0.15, 0.2) is 47.8 Å². The first-order chi connectivity index (χ1) is 13.5. The van der Waals surface area contributed by atoms with Gasteiger partial charge in [-0.15, -0.1) is 11.3 Å². The summed E-state index contributed by atoms with van der Waals surface area (Å²) < 4.78 is 10.5.